The summed E-state index contributed by atoms with van der Waals surface area (Å²) in [5.74, 6) is 1.14. The Bertz CT molecular complexity index is 1490. The van der Waals surface area contributed by atoms with Crippen LogP contribution in [0.15, 0.2) is 48.8 Å². The summed E-state index contributed by atoms with van der Waals surface area (Å²) in [6.45, 7) is 10.7. The molecule has 3 heterocycles. The molecule has 1 spiro atoms. The van der Waals surface area contributed by atoms with Gasteiger partial charge >= 0.3 is 6.09 Å². The first-order valence-electron chi connectivity index (χ1n) is 15.4. The van der Waals surface area contributed by atoms with Gasteiger partial charge < -0.3 is 15.0 Å². The normalized spacial score (nSPS) is 22.4. The van der Waals surface area contributed by atoms with Crippen molar-refractivity contribution in [2.45, 2.75) is 82.8 Å². The summed E-state index contributed by atoms with van der Waals surface area (Å²) in [6, 6.07) is 13.3. The van der Waals surface area contributed by atoms with Crippen molar-refractivity contribution in [2.75, 3.05) is 31.1 Å². The van der Waals surface area contributed by atoms with E-state index in [4.69, 9.17) is 21.3 Å². The minimum absolute atomic E-state index is 0.0405. The minimum atomic E-state index is -0.558. The standard InChI is InChI=1S/C34H41ClFN5O2/c1-22-6-12-27-30(22)31(39-21-38-27)41-20-34(26-18-25(36)11-13-29(26)41)15-5-17-40(19-34)28(23-7-9-24(35)10-8-23)14-16-37-32(42)43-33(2,3)4/h7-11,13,18,21-22,28H,5-6,12,14-17,19-20H2,1-4H3,(H,37,42)/t22-,28?,34-/m1/s1. The number of amides is 1. The molecule has 2 aliphatic heterocycles. The van der Waals surface area contributed by atoms with Crippen molar-refractivity contribution in [2.24, 2.45) is 0 Å². The average molecular weight is 606 g/mol. The van der Waals surface area contributed by atoms with Gasteiger partial charge in [-0.3, -0.25) is 4.90 Å². The van der Waals surface area contributed by atoms with Crippen molar-refractivity contribution in [1.82, 2.24) is 20.2 Å². The Morgan fingerprint density at radius 3 is 2.74 bits per heavy atom. The van der Waals surface area contributed by atoms with E-state index in [1.165, 1.54) is 5.56 Å². The molecule has 2 aromatic carbocycles. The van der Waals surface area contributed by atoms with E-state index in [9.17, 15) is 9.18 Å². The summed E-state index contributed by atoms with van der Waals surface area (Å²) in [5.41, 5.74) is 4.78. The molecule has 7 nitrogen and oxygen atoms in total. The van der Waals surface area contributed by atoms with Gasteiger partial charge in [-0.25, -0.2) is 19.2 Å². The maximum atomic E-state index is 14.9. The molecule has 0 saturated carbocycles. The highest BCUT2D eigenvalue weighted by atomic mass is 35.5. The van der Waals surface area contributed by atoms with E-state index in [0.717, 1.165) is 73.6 Å². The van der Waals surface area contributed by atoms with Gasteiger partial charge in [0.1, 0.15) is 23.6 Å². The number of piperidine rings is 1. The lowest BCUT2D eigenvalue weighted by Gasteiger charge is -2.44. The van der Waals surface area contributed by atoms with Crippen molar-refractivity contribution in [3.8, 4) is 0 Å². The Labute approximate surface area is 258 Å². The molecule has 43 heavy (non-hydrogen) atoms. The van der Waals surface area contributed by atoms with Gasteiger partial charge in [-0.1, -0.05) is 30.7 Å². The molecule has 228 valence electrons. The lowest BCUT2D eigenvalue weighted by molar-refractivity contribution is 0.0514. The third-order valence-corrected chi connectivity index (χ3v) is 9.43. The minimum Gasteiger partial charge on any atom is -0.444 e. The lowest BCUT2D eigenvalue weighted by atomic mass is 9.75. The van der Waals surface area contributed by atoms with Crippen LogP contribution in [0.2, 0.25) is 5.02 Å². The second-order valence-electron chi connectivity index (χ2n) is 13.4. The van der Waals surface area contributed by atoms with Crippen LogP contribution < -0.4 is 10.2 Å². The summed E-state index contributed by atoms with van der Waals surface area (Å²) in [4.78, 5) is 26.7. The predicted octanol–water partition coefficient (Wildman–Crippen LogP) is 7.46. The maximum Gasteiger partial charge on any atom is 0.407 e. The second-order valence-corrected chi connectivity index (χ2v) is 13.8. The average Bonchev–Trinajstić information content (AvgIpc) is 3.48. The number of hydrogen-bond acceptors (Lipinski definition) is 6. The Hall–Kier alpha value is -3.23. The molecule has 1 aliphatic carbocycles. The van der Waals surface area contributed by atoms with E-state index in [1.807, 2.05) is 39.0 Å². The molecule has 1 N–H and O–H groups in total. The van der Waals surface area contributed by atoms with Crippen LogP contribution in [0, 0.1) is 5.82 Å². The highest BCUT2D eigenvalue weighted by Gasteiger charge is 2.48. The number of fused-ring (bicyclic) bond motifs is 3. The predicted molar refractivity (Wildman–Crippen MR) is 168 cm³/mol. The van der Waals surface area contributed by atoms with Crippen LogP contribution in [0.1, 0.15) is 87.7 Å². The second kappa shape index (κ2) is 11.7. The number of likely N-dealkylation sites (tertiary alicyclic amines) is 1. The quantitative estimate of drug-likeness (QED) is 0.314. The van der Waals surface area contributed by atoms with Crippen molar-refractivity contribution in [1.29, 1.82) is 0 Å². The van der Waals surface area contributed by atoms with E-state index in [-0.39, 0.29) is 17.3 Å². The van der Waals surface area contributed by atoms with E-state index < -0.39 is 11.7 Å². The number of anilines is 2. The first-order valence-corrected chi connectivity index (χ1v) is 15.8. The number of nitrogens with zero attached hydrogens (tertiary/aromatic N) is 4. The number of alkyl carbamates (subject to hydrolysis) is 1. The van der Waals surface area contributed by atoms with Crippen LogP contribution in [-0.2, 0) is 16.6 Å². The Morgan fingerprint density at radius 1 is 1.19 bits per heavy atom. The van der Waals surface area contributed by atoms with Gasteiger partial charge in [0.25, 0.3) is 0 Å². The summed E-state index contributed by atoms with van der Waals surface area (Å²) >= 11 is 6.27. The molecule has 1 saturated heterocycles. The smallest absolute Gasteiger partial charge is 0.407 e. The van der Waals surface area contributed by atoms with Gasteiger partial charge in [0, 0.05) is 53.1 Å². The van der Waals surface area contributed by atoms with E-state index in [0.29, 0.717) is 23.9 Å². The number of nitrogens with one attached hydrogen (secondary N) is 1. The third-order valence-electron chi connectivity index (χ3n) is 9.18. The van der Waals surface area contributed by atoms with Gasteiger partial charge in [-0.05, 0) is 107 Å². The first-order chi connectivity index (χ1) is 20.5. The zero-order valence-corrected chi connectivity index (χ0v) is 26.3. The molecule has 1 amide bonds. The highest BCUT2D eigenvalue weighted by Crippen LogP contribution is 2.51. The summed E-state index contributed by atoms with van der Waals surface area (Å²) < 4.78 is 20.4. The number of hydrogen-bond donors (Lipinski definition) is 1. The van der Waals surface area contributed by atoms with Crippen LogP contribution in [0.4, 0.5) is 20.7 Å². The monoisotopic (exact) mass is 605 g/mol. The molecule has 9 heteroatoms. The van der Waals surface area contributed by atoms with Gasteiger partial charge in [-0.2, -0.15) is 0 Å². The van der Waals surface area contributed by atoms with Crippen molar-refractivity contribution in [3.63, 3.8) is 0 Å². The number of ether oxygens (including phenoxy) is 1. The Balaban J connectivity index is 1.31. The molecule has 3 atom stereocenters. The van der Waals surface area contributed by atoms with Crippen LogP contribution in [0.3, 0.4) is 0 Å². The molecule has 1 aromatic heterocycles. The van der Waals surface area contributed by atoms with Crippen LogP contribution in [0.5, 0.6) is 0 Å². The molecular formula is C34H41ClFN5O2. The van der Waals surface area contributed by atoms with Crippen molar-refractivity contribution >= 4 is 29.2 Å². The summed E-state index contributed by atoms with van der Waals surface area (Å²) in [5, 5.41) is 3.63. The number of aromatic nitrogens is 2. The van der Waals surface area contributed by atoms with Crippen LogP contribution in [0.25, 0.3) is 0 Å². The van der Waals surface area contributed by atoms with Gasteiger partial charge in [0.05, 0.1) is 0 Å². The molecular weight excluding hydrogens is 565 g/mol. The number of aryl methyl sites for hydroxylation is 1. The molecule has 0 bridgehead atoms. The molecule has 3 aromatic rings. The van der Waals surface area contributed by atoms with Crippen molar-refractivity contribution < 1.29 is 13.9 Å². The van der Waals surface area contributed by atoms with E-state index >= 15 is 0 Å². The topological polar surface area (TPSA) is 70.6 Å². The SMILES string of the molecule is C[C@@H]1CCc2ncnc(N3C[C@]4(CCCN(C(CCNC(=O)OC(C)(C)C)c5ccc(Cl)cc5)C4)c4cc(F)ccc43)c21. The number of rotatable bonds is 6. The molecule has 1 fully saturated rings. The zero-order valence-electron chi connectivity index (χ0n) is 25.5. The number of carbonyl (C=O) groups is 1. The largest absolute Gasteiger partial charge is 0.444 e. The van der Waals surface area contributed by atoms with Gasteiger partial charge in [0.2, 0.25) is 0 Å². The number of halogens is 2. The van der Waals surface area contributed by atoms with Gasteiger partial charge in [-0.15, -0.1) is 0 Å². The van der Waals surface area contributed by atoms with E-state index in [2.05, 4.69) is 39.2 Å². The van der Waals surface area contributed by atoms with E-state index in [1.54, 1.807) is 18.5 Å². The van der Waals surface area contributed by atoms with Crippen molar-refractivity contribution in [3.05, 3.63) is 82.0 Å². The summed E-state index contributed by atoms with van der Waals surface area (Å²) in [6.07, 6.45) is 5.95. The molecule has 0 radical (unpaired) electrons. The molecule has 6 rings (SSSR count). The fraction of sp³-hybridized carbons (Fsp3) is 0.500. The Morgan fingerprint density at radius 2 is 1.98 bits per heavy atom. The molecule has 3 aliphatic rings. The van der Waals surface area contributed by atoms with Gasteiger partial charge in [0.15, 0.2) is 0 Å². The van der Waals surface area contributed by atoms with Crippen LogP contribution >= 0.6 is 11.6 Å². The zero-order chi connectivity index (χ0) is 30.4. The van der Waals surface area contributed by atoms with Crippen LogP contribution in [-0.4, -0.2) is 52.7 Å². The molecule has 1 unspecified atom stereocenters. The summed E-state index contributed by atoms with van der Waals surface area (Å²) in [7, 11) is 0. The fourth-order valence-corrected chi connectivity index (χ4v) is 7.45. The first kappa shape index (κ1) is 29.8. The third kappa shape index (κ3) is 6.09. The highest BCUT2D eigenvalue weighted by molar-refractivity contribution is 6.30. The maximum absolute atomic E-state index is 14.9. The lowest BCUT2D eigenvalue weighted by Crippen LogP contribution is -2.49. The Kier molecular flexibility index (Phi) is 8.11. The fourth-order valence-electron chi connectivity index (χ4n) is 7.32. The number of benzene rings is 2. The number of carbonyl (C=O) groups excluding carboxylic acids is 1.